The highest BCUT2D eigenvalue weighted by Gasteiger charge is 2.49. The van der Waals surface area contributed by atoms with E-state index < -0.39 is 5.79 Å². The highest BCUT2D eigenvalue weighted by atomic mass is 35.5. The molecule has 1 heterocycles. The maximum absolute atomic E-state index is 7.27. The molecule has 0 aromatic heterocycles. The van der Waals surface area contributed by atoms with Gasteiger partial charge in [-0.15, -0.1) is 0 Å². The molecule has 0 atom stereocenters. The zero-order valence-corrected chi connectivity index (χ0v) is 26.3. The molecule has 1 fully saturated rings. The first-order chi connectivity index (χ1) is 23.2. The average molecular weight is 628 g/mol. The van der Waals surface area contributed by atoms with Gasteiger partial charge in [-0.1, -0.05) is 127 Å². The fourth-order valence-electron chi connectivity index (χ4n) is 7.15. The predicted octanol–water partition coefficient (Wildman–Crippen LogP) is 11.5. The minimum absolute atomic E-state index is 0.534. The number of ether oxygens (including phenoxy) is 2. The van der Waals surface area contributed by atoms with E-state index in [0.717, 1.165) is 50.3 Å². The van der Waals surface area contributed by atoms with Crippen molar-refractivity contribution in [2.75, 3.05) is 18.1 Å². The summed E-state index contributed by atoms with van der Waals surface area (Å²) < 4.78 is 12.9. The van der Waals surface area contributed by atoms with Crippen molar-refractivity contribution in [1.29, 1.82) is 0 Å². The van der Waals surface area contributed by atoms with Crippen LogP contribution in [0, 0.1) is 0 Å². The third-order valence-electron chi connectivity index (χ3n) is 9.37. The second kappa shape index (κ2) is 11.3. The monoisotopic (exact) mass is 627 g/mol. The van der Waals surface area contributed by atoms with Gasteiger partial charge in [0.1, 0.15) is 0 Å². The third-order valence-corrected chi connectivity index (χ3v) is 9.67. The summed E-state index contributed by atoms with van der Waals surface area (Å²) in [5, 5.41) is 2.98. The fraction of sp³-hybridized carbons (Fsp3) is 0.0698. The van der Waals surface area contributed by atoms with E-state index in [0.29, 0.717) is 18.2 Å². The zero-order valence-electron chi connectivity index (χ0n) is 25.6. The van der Waals surface area contributed by atoms with Gasteiger partial charge in [0.2, 0.25) is 5.79 Å². The normalized spacial score (nSPS) is 14.3. The van der Waals surface area contributed by atoms with E-state index >= 15 is 0 Å². The Balaban J connectivity index is 1.21. The van der Waals surface area contributed by atoms with Crippen molar-refractivity contribution in [3.05, 3.63) is 174 Å². The first-order valence-corrected chi connectivity index (χ1v) is 16.3. The minimum Gasteiger partial charge on any atom is -0.340 e. The molecule has 226 valence electrons. The molecule has 0 unspecified atom stereocenters. The van der Waals surface area contributed by atoms with Crippen LogP contribution in [0.4, 0.5) is 17.1 Å². The zero-order chi connectivity index (χ0) is 31.4. The van der Waals surface area contributed by atoms with Crippen molar-refractivity contribution < 1.29 is 9.47 Å². The smallest absolute Gasteiger partial charge is 0.223 e. The Morgan fingerprint density at radius 2 is 1.04 bits per heavy atom. The summed E-state index contributed by atoms with van der Waals surface area (Å²) in [5.74, 6) is -0.939. The van der Waals surface area contributed by atoms with Crippen LogP contribution in [0.15, 0.2) is 158 Å². The molecular weight excluding hydrogens is 598 g/mol. The van der Waals surface area contributed by atoms with Gasteiger partial charge in [-0.05, 0) is 86.6 Å². The molecule has 1 aliphatic heterocycles. The predicted molar refractivity (Wildman–Crippen MR) is 193 cm³/mol. The van der Waals surface area contributed by atoms with Crippen LogP contribution in [0.1, 0.15) is 11.1 Å². The van der Waals surface area contributed by atoms with Crippen molar-refractivity contribution in [3.8, 4) is 33.4 Å². The summed E-state index contributed by atoms with van der Waals surface area (Å²) in [7, 11) is 0. The van der Waals surface area contributed by atoms with E-state index in [1.54, 1.807) is 0 Å². The highest BCUT2D eigenvalue weighted by molar-refractivity contribution is 6.34. The number of halogens is 1. The van der Waals surface area contributed by atoms with Gasteiger partial charge in [0.15, 0.2) is 0 Å². The second-order valence-electron chi connectivity index (χ2n) is 12.1. The molecular formula is C43H30ClNO2. The number of benzene rings is 7. The molecule has 1 saturated heterocycles. The molecule has 0 bridgehead atoms. The SMILES string of the molecule is Clc1cc2c(cc1N(c1ccc(-c3ccccc3)cc1)c1ccc3cc(-c4ccccc4)ccc3c1)C1(OCCO1)c1ccccc1-2. The van der Waals surface area contributed by atoms with E-state index in [2.05, 4.69) is 144 Å². The lowest BCUT2D eigenvalue weighted by Crippen LogP contribution is -2.26. The van der Waals surface area contributed by atoms with Crippen LogP contribution in [-0.2, 0) is 15.3 Å². The molecule has 0 radical (unpaired) electrons. The lowest BCUT2D eigenvalue weighted by Gasteiger charge is -2.30. The summed E-state index contributed by atoms with van der Waals surface area (Å²) >= 11 is 7.27. The molecule has 1 aliphatic carbocycles. The summed E-state index contributed by atoms with van der Waals surface area (Å²) in [6.45, 7) is 1.07. The van der Waals surface area contributed by atoms with Gasteiger partial charge in [0.05, 0.1) is 23.9 Å². The van der Waals surface area contributed by atoms with E-state index in [1.165, 1.54) is 22.1 Å². The van der Waals surface area contributed by atoms with Gasteiger partial charge in [0.25, 0.3) is 0 Å². The molecule has 0 N–H and O–H groups in total. The molecule has 2 aliphatic rings. The van der Waals surface area contributed by atoms with Crippen LogP contribution in [-0.4, -0.2) is 13.2 Å². The molecule has 9 rings (SSSR count). The lowest BCUT2D eigenvalue weighted by atomic mass is 9.99. The van der Waals surface area contributed by atoms with Crippen molar-refractivity contribution in [2.24, 2.45) is 0 Å². The van der Waals surface area contributed by atoms with E-state index in [1.807, 2.05) is 18.2 Å². The molecule has 7 aromatic carbocycles. The maximum Gasteiger partial charge on any atom is 0.223 e. The third kappa shape index (κ3) is 4.66. The molecule has 7 aromatic rings. The van der Waals surface area contributed by atoms with E-state index in [4.69, 9.17) is 21.1 Å². The lowest BCUT2D eigenvalue weighted by molar-refractivity contribution is -0.126. The molecule has 1 spiro atoms. The number of fused-ring (bicyclic) bond motifs is 6. The van der Waals surface area contributed by atoms with Crippen LogP contribution in [0.3, 0.4) is 0 Å². The summed E-state index contributed by atoms with van der Waals surface area (Å²) in [4.78, 5) is 2.24. The summed E-state index contributed by atoms with van der Waals surface area (Å²) in [6.07, 6.45) is 0. The maximum atomic E-state index is 7.27. The highest BCUT2D eigenvalue weighted by Crippen LogP contribution is 2.55. The Bertz CT molecular complexity index is 2260. The Hall–Kier alpha value is -5.19. The van der Waals surface area contributed by atoms with Crippen LogP contribution in [0.25, 0.3) is 44.2 Å². The van der Waals surface area contributed by atoms with Gasteiger partial charge in [-0.25, -0.2) is 0 Å². The van der Waals surface area contributed by atoms with Crippen molar-refractivity contribution in [2.45, 2.75) is 5.79 Å². The largest absolute Gasteiger partial charge is 0.340 e. The standard InChI is InChI=1S/C43H30ClNO2/c44-41-27-38-37-13-7-8-14-39(37)43(46-23-24-47-43)40(38)28-42(41)45(35-20-17-31(18-21-35)29-9-3-1-4-10-29)36-22-19-33-25-32(15-16-34(33)26-36)30-11-5-2-6-12-30/h1-22,25-28H,23-24H2. The van der Waals surface area contributed by atoms with E-state index in [9.17, 15) is 0 Å². The molecule has 47 heavy (non-hydrogen) atoms. The number of nitrogens with zero attached hydrogens (tertiary/aromatic N) is 1. The van der Waals surface area contributed by atoms with Gasteiger partial charge in [-0.3, -0.25) is 0 Å². The van der Waals surface area contributed by atoms with Crippen LogP contribution < -0.4 is 4.90 Å². The summed E-state index contributed by atoms with van der Waals surface area (Å²) in [5.41, 5.74) is 11.8. The second-order valence-corrected chi connectivity index (χ2v) is 12.5. The molecule has 0 amide bonds. The van der Waals surface area contributed by atoms with Crippen molar-refractivity contribution in [3.63, 3.8) is 0 Å². The van der Waals surface area contributed by atoms with E-state index in [-0.39, 0.29) is 0 Å². The number of anilines is 3. The quantitative estimate of drug-likeness (QED) is 0.189. The first kappa shape index (κ1) is 28.1. The Labute approximate surface area is 279 Å². The Kier molecular flexibility index (Phi) is 6.72. The van der Waals surface area contributed by atoms with Crippen LogP contribution in [0.2, 0.25) is 5.02 Å². The van der Waals surface area contributed by atoms with Gasteiger partial charge < -0.3 is 14.4 Å². The Morgan fingerprint density at radius 1 is 0.468 bits per heavy atom. The molecule has 3 nitrogen and oxygen atoms in total. The number of hydrogen-bond acceptors (Lipinski definition) is 3. The van der Waals surface area contributed by atoms with Gasteiger partial charge in [-0.2, -0.15) is 0 Å². The fourth-order valence-corrected chi connectivity index (χ4v) is 7.39. The molecule has 4 heteroatoms. The van der Waals surface area contributed by atoms with Crippen molar-refractivity contribution >= 4 is 39.4 Å². The average Bonchev–Trinajstić information content (AvgIpc) is 3.73. The summed E-state index contributed by atoms with van der Waals surface area (Å²) in [6, 6.07) is 55.5. The van der Waals surface area contributed by atoms with Gasteiger partial charge >= 0.3 is 0 Å². The first-order valence-electron chi connectivity index (χ1n) is 15.9. The number of rotatable bonds is 5. The Morgan fingerprint density at radius 3 is 1.79 bits per heavy atom. The van der Waals surface area contributed by atoms with Crippen LogP contribution in [0.5, 0.6) is 0 Å². The van der Waals surface area contributed by atoms with Crippen LogP contribution >= 0.6 is 11.6 Å². The van der Waals surface area contributed by atoms with Crippen molar-refractivity contribution in [1.82, 2.24) is 0 Å². The number of hydrogen-bond donors (Lipinski definition) is 0. The minimum atomic E-state index is -0.939. The topological polar surface area (TPSA) is 21.7 Å². The molecule has 0 saturated carbocycles. The van der Waals surface area contributed by atoms with Gasteiger partial charge in [0, 0.05) is 22.5 Å².